The van der Waals surface area contributed by atoms with Crippen molar-refractivity contribution in [2.75, 3.05) is 0 Å². The van der Waals surface area contributed by atoms with Gasteiger partial charge in [0.15, 0.2) is 5.78 Å². The van der Waals surface area contributed by atoms with Crippen molar-refractivity contribution in [3.8, 4) is 0 Å². The van der Waals surface area contributed by atoms with Crippen molar-refractivity contribution in [2.24, 2.45) is 0 Å². The smallest absolute Gasteiger partial charge is 0.155 e. The van der Waals surface area contributed by atoms with E-state index in [9.17, 15) is 4.79 Å². The van der Waals surface area contributed by atoms with E-state index in [1.54, 1.807) is 0 Å². The SMILES string of the molecule is C=C(C)C(=O)C([Si](C)(C)C)[Si](C)(C)C. The molecular weight excluding hydrogens is 204 g/mol. The van der Waals surface area contributed by atoms with E-state index in [1.165, 1.54) is 0 Å². The highest BCUT2D eigenvalue weighted by molar-refractivity contribution is 7.00. The fourth-order valence-electron chi connectivity index (χ4n) is 2.33. The van der Waals surface area contributed by atoms with Crippen LogP contribution >= 0.6 is 0 Å². The van der Waals surface area contributed by atoms with E-state index in [0.717, 1.165) is 5.57 Å². The minimum atomic E-state index is -1.40. The Morgan fingerprint density at radius 1 is 1.00 bits per heavy atom. The van der Waals surface area contributed by atoms with Gasteiger partial charge >= 0.3 is 0 Å². The number of carbonyl (C=O) groups excluding carboxylic acids is 1. The molecule has 0 saturated carbocycles. The number of Topliss-reactive ketones (excluding diaryl/α,β-unsaturated/α-hetero) is 1. The molecule has 0 aliphatic carbocycles. The molecule has 0 radical (unpaired) electrons. The van der Waals surface area contributed by atoms with Gasteiger partial charge in [0.25, 0.3) is 0 Å². The molecule has 0 heterocycles. The predicted molar refractivity (Wildman–Crippen MR) is 70.3 cm³/mol. The Morgan fingerprint density at radius 2 is 1.29 bits per heavy atom. The molecule has 0 spiro atoms. The van der Waals surface area contributed by atoms with Gasteiger partial charge in [-0.2, -0.15) is 0 Å². The van der Waals surface area contributed by atoms with Crippen LogP contribution in [0.1, 0.15) is 6.92 Å². The van der Waals surface area contributed by atoms with Crippen LogP contribution in [0.25, 0.3) is 0 Å². The molecule has 1 nitrogen and oxygen atoms in total. The molecule has 0 aliphatic rings. The highest BCUT2D eigenvalue weighted by Gasteiger charge is 2.42. The Hall–Kier alpha value is -0.156. The number of hydrogen-bond acceptors (Lipinski definition) is 1. The van der Waals surface area contributed by atoms with Gasteiger partial charge in [0, 0.05) is 5.16 Å². The van der Waals surface area contributed by atoms with E-state index in [1.807, 2.05) is 6.92 Å². The molecule has 0 unspecified atom stereocenters. The second kappa shape index (κ2) is 4.15. The van der Waals surface area contributed by atoms with E-state index in [2.05, 4.69) is 45.9 Å². The molecule has 0 fully saturated rings. The van der Waals surface area contributed by atoms with Crippen LogP contribution < -0.4 is 0 Å². The number of hydrogen-bond donors (Lipinski definition) is 0. The van der Waals surface area contributed by atoms with Gasteiger partial charge in [0.2, 0.25) is 0 Å². The van der Waals surface area contributed by atoms with Gasteiger partial charge in [-0.05, 0) is 12.5 Å². The first-order valence-corrected chi connectivity index (χ1v) is 12.3. The molecule has 0 rings (SSSR count). The maximum atomic E-state index is 12.1. The maximum Gasteiger partial charge on any atom is 0.155 e. The summed E-state index contributed by atoms with van der Waals surface area (Å²) < 4.78 is 0. The summed E-state index contributed by atoms with van der Waals surface area (Å²) in [5.41, 5.74) is 0.736. The monoisotopic (exact) mass is 228 g/mol. The summed E-state index contributed by atoms with van der Waals surface area (Å²) in [5, 5.41) is 0.312. The minimum Gasteiger partial charge on any atom is -0.295 e. The van der Waals surface area contributed by atoms with Crippen molar-refractivity contribution < 1.29 is 4.79 Å². The third kappa shape index (κ3) is 3.54. The zero-order valence-electron chi connectivity index (χ0n) is 10.7. The number of rotatable bonds is 4. The van der Waals surface area contributed by atoms with E-state index >= 15 is 0 Å². The molecular formula is C11H24OSi2. The van der Waals surface area contributed by atoms with Crippen molar-refractivity contribution >= 4 is 21.9 Å². The van der Waals surface area contributed by atoms with Gasteiger partial charge in [-0.25, -0.2) is 0 Å². The molecule has 0 N–H and O–H groups in total. The lowest BCUT2D eigenvalue weighted by Gasteiger charge is -2.37. The normalized spacial score (nSPS) is 13.1. The number of carbonyl (C=O) groups is 1. The van der Waals surface area contributed by atoms with E-state index in [-0.39, 0.29) is 0 Å². The standard InChI is InChI=1S/C11H24OSi2/c1-9(2)10(12)11(13(3,4)5)14(6,7)8/h11H,1H2,2-8H3. The second-order valence-electron chi connectivity index (χ2n) is 6.31. The highest BCUT2D eigenvalue weighted by Crippen LogP contribution is 2.34. The summed E-state index contributed by atoms with van der Waals surface area (Å²) in [6.45, 7) is 19.4. The first-order valence-electron chi connectivity index (χ1n) is 5.17. The fraction of sp³-hybridized carbons (Fsp3) is 0.727. The van der Waals surface area contributed by atoms with Crippen molar-refractivity contribution in [1.82, 2.24) is 0 Å². The lowest BCUT2D eigenvalue weighted by atomic mass is 10.2. The van der Waals surface area contributed by atoms with Gasteiger partial charge in [0.05, 0.1) is 16.1 Å². The summed E-state index contributed by atoms with van der Waals surface area (Å²) in [4.78, 5) is 12.1. The molecule has 0 aromatic carbocycles. The average molecular weight is 228 g/mol. The van der Waals surface area contributed by atoms with Gasteiger partial charge < -0.3 is 0 Å². The zero-order chi connectivity index (χ0) is 11.7. The molecule has 0 aromatic heterocycles. The topological polar surface area (TPSA) is 17.1 Å². The molecule has 0 aromatic rings. The fourth-order valence-corrected chi connectivity index (χ4v) is 14.8. The lowest BCUT2D eigenvalue weighted by molar-refractivity contribution is -0.114. The molecule has 3 heteroatoms. The maximum absolute atomic E-state index is 12.1. The number of allylic oxidation sites excluding steroid dienone is 1. The third-order valence-corrected chi connectivity index (χ3v) is 11.6. The van der Waals surface area contributed by atoms with Crippen LogP contribution in [0.2, 0.25) is 44.4 Å². The Labute approximate surface area is 90.6 Å². The molecule has 0 bridgehead atoms. The van der Waals surface area contributed by atoms with Crippen molar-refractivity contribution in [3.05, 3.63) is 12.2 Å². The molecule has 82 valence electrons. The van der Waals surface area contributed by atoms with Crippen molar-refractivity contribution in [3.63, 3.8) is 0 Å². The van der Waals surface area contributed by atoms with E-state index in [0.29, 0.717) is 10.9 Å². The highest BCUT2D eigenvalue weighted by atomic mass is 28.4. The summed E-state index contributed by atoms with van der Waals surface area (Å²) in [6, 6.07) is 0. The van der Waals surface area contributed by atoms with Crippen molar-refractivity contribution in [2.45, 2.75) is 51.4 Å². The van der Waals surface area contributed by atoms with Crippen LogP contribution in [0.3, 0.4) is 0 Å². The largest absolute Gasteiger partial charge is 0.295 e. The van der Waals surface area contributed by atoms with Crippen LogP contribution in [-0.2, 0) is 4.79 Å². The van der Waals surface area contributed by atoms with E-state index < -0.39 is 16.1 Å². The molecule has 0 saturated heterocycles. The third-order valence-electron chi connectivity index (χ3n) is 2.41. The van der Waals surface area contributed by atoms with E-state index in [4.69, 9.17) is 0 Å². The molecule has 14 heavy (non-hydrogen) atoms. The van der Waals surface area contributed by atoms with Gasteiger partial charge in [-0.15, -0.1) is 0 Å². The van der Waals surface area contributed by atoms with Crippen LogP contribution in [0.15, 0.2) is 12.2 Å². The van der Waals surface area contributed by atoms with Crippen molar-refractivity contribution in [1.29, 1.82) is 0 Å². The Bertz CT molecular complexity index is 229. The molecule has 0 aliphatic heterocycles. The summed E-state index contributed by atoms with van der Waals surface area (Å²) in [5.74, 6) is 0.323. The van der Waals surface area contributed by atoms with Crippen LogP contribution in [-0.4, -0.2) is 21.9 Å². The quantitative estimate of drug-likeness (QED) is 0.529. The average Bonchev–Trinajstić information content (AvgIpc) is 1.79. The van der Waals surface area contributed by atoms with Crippen LogP contribution in [0, 0.1) is 0 Å². The Balaban J connectivity index is 5.15. The predicted octanol–water partition coefficient (Wildman–Crippen LogP) is 3.72. The van der Waals surface area contributed by atoms with Crippen LogP contribution in [0.5, 0.6) is 0 Å². The minimum absolute atomic E-state index is 0.312. The number of ketones is 1. The lowest BCUT2D eigenvalue weighted by Crippen LogP contribution is -2.48. The first kappa shape index (κ1) is 13.8. The Morgan fingerprint density at radius 3 is 1.36 bits per heavy atom. The van der Waals surface area contributed by atoms with Gasteiger partial charge in [-0.1, -0.05) is 45.9 Å². The van der Waals surface area contributed by atoms with Crippen LogP contribution in [0.4, 0.5) is 0 Å². The summed E-state index contributed by atoms with van der Waals surface area (Å²) in [7, 11) is -2.79. The molecule has 0 amide bonds. The summed E-state index contributed by atoms with van der Waals surface area (Å²) >= 11 is 0. The van der Waals surface area contributed by atoms with Gasteiger partial charge in [0.1, 0.15) is 0 Å². The summed E-state index contributed by atoms with van der Waals surface area (Å²) in [6.07, 6.45) is 0. The molecule has 0 atom stereocenters. The van der Waals surface area contributed by atoms with Gasteiger partial charge in [-0.3, -0.25) is 4.79 Å². The second-order valence-corrected chi connectivity index (χ2v) is 17.5. The zero-order valence-corrected chi connectivity index (χ0v) is 12.7. The Kier molecular flexibility index (Phi) is 4.10. The first-order chi connectivity index (χ1) is 5.98.